The Morgan fingerprint density at radius 3 is 2.89 bits per heavy atom. The first-order chi connectivity index (χ1) is 9.13. The summed E-state index contributed by atoms with van der Waals surface area (Å²) < 4.78 is 6.32. The number of aliphatic hydroxyl groups excluding tert-OH is 1. The summed E-state index contributed by atoms with van der Waals surface area (Å²) in [6.45, 7) is 0.684. The number of halogens is 2. The second-order valence-corrected chi connectivity index (χ2v) is 6.70. The fraction of sp³-hybridized carbons (Fsp3) is 0.286. The summed E-state index contributed by atoms with van der Waals surface area (Å²) in [6, 6.07) is 7.44. The average molecular weight is 315 g/mol. The Morgan fingerprint density at radius 2 is 2.16 bits per heavy atom. The number of rotatable bonds is 3. The molecule has 2 heterocycles. The van der Waals surface area contributed by atoms with Crippen LogP contribution in [0.2, 0.25) is 9.36 Å². The molecule has 0 fully saturated rings. The van der Waals surface area contributed by atoms with Crippen molar-refractivity contribution in [2.24, 2.45) is 0 Å². The molecule has 0 saturated heterocycles. The lowest BCUT2D eigenvalue weighted by molar-refractivity contribution is 0.181. The molecule has 1 aromatic heterocycles. The van der Waals surface area contributed by atoms with Crippen LogP contribution in [0.1, 0.15) is 22.1 Å². The molecule has 0 spiro atoms. The highest BCUT2D eigenvalue weighted by molar-refractivity contribution is 7.16. The average Bonchev–Trinajstić information content (AvgIpc) is 2.97. The maximum atomic E-state index is 10.3. The van der Waals surface area contributed by atoms with Gasteiger partial charge in [0.2, 0.25) is 0 Å². The van der Waals surface area contributed by atoms with Crippen LogP contribution in [-0.2, 0) is 12.8 Å². The lowest BCUT2D eigenvalue weighted by Gasteiger charge is -2.12. The van der Waals surface area contributed by atoms with Gasteiger partial charge in [-0.15, -0.1) is 11.3 Å². The Hall–Kier alpha value is -0.740. The second kappa shape index (κ2) is 5.33. The van der Waals surface area contributed by atoms with Crippen LogP contribution in [-0.4, -0.2) is 11.7 Å². The van der Waals surface area contributed by atoms with Gasteiger partial charge in [-0.25, -0.2) is 0 Å². The van der Waals surface area contributed by atoms with Crippen LogP contribution in [0.3, 0.4) is 0 Å². The summed E-state index contributed by atoms with van der Waals surface area (Å²) >= 11 is 13.4. The normalized spacial score (nSPS) is 15.1. The minimum absolute atomic E-state index is 0.486. The zero-order chi connectivity index (χ0) is 13.4. The van der Waals surface area contributed by atoms with Gasteiger partial charge in [0.05, 0.1) is 17.0 Å². The molecule has 1 aliphatic heterocycles. The molecule has 0 bridgehead atoms. The summed E-state index contributed by atoms with van der Waals surface area (Å²) in [4.78, 5) is 0.858. The van der Waals surface area contributed by atoms with E-state index in [0.717, 1.165) is 28.2 Å². The molecule has 3 rings (SSSR count). The molecule has 100 valence electrons. The summed E-state index contributed by atoms with van der Waals surface area (Å²) in [5, 5.41) is 11.0. The predicted octanol–water partition coefficient (Wildman–Crippen LogP) is 4.27. The van der Waals surface area contributed by atoms with E-state index >= 15 is 0 Å². The van der Waals surface area contributed by atoms with Crippen molar-refractivity contribution in [1.29, 1.82) is 0 Å². The van der Waals surface area contributed by atoms with Crippen molar-refractivity contribution in [1.82, 2.24) is 0 Å². The highest BCUT2D eigenvalue weighted by atomic mass is 35.5. The van der Waals surface area contributed by atoms with Crippen molar-refractivity contribution in [3.05, 3.63) is 49.6 Å². The van der Waals surface area contributed by atoms with E-state index < -0.39 is 6.10 Å². The van der Waals surface area contributed by atoms with E-state index in [1.165, 1.54) is 11.3 Å². The van der Waals surface area contributed by atoms with Gasteiger partial charge >= 0.3 is 0 Å². The number of hydrogen-bond acceptors (Lipinski definition) is 3. The molecule has 0 saturated carbocycles. The number of thiophene rings is 1. The van der Waals surface area contributed by atoms with Crippen LogP contribution >= 0.6 is 34.5 Å². The fourth-order valence-corrected chi connectivity index (χ4v) is 3.62. The largest absolute Gasteiger partial charge is 0.493 e. The molecule has 1 atom stereocenters. The molecule has 1 N–H and O–H groups in total. The maximum absolute atomic E-state index is 10.3. The Bertz CT molecular complexity index is 609. The van der Waals surface area contributed by atoms with Gasteiger partial charge in [-0.3, -0.25) is 0 Å². The van der Waals surface area contributed by atoms with E-state index in [9.17, 15) is 5.11 Å². The van der Waals surface area contributed by atoms with Gasteiger partial charge in [0.15, 0.2) is 0 Å². The van der Waals surface area contributed by atoms with Crippen molar-refractivity contribution in [2.75, 3.05) is 6.61 Å². The third kappa shape index (κ3) is 2.75. The maximum Gasteiger partial charge on any atom is 0.126 e. The minimum atomic E-state index is -0.579. The van der Waals surface area contributed by atoms with Crippen LogP contribution in [0.5, 0.6) is 5.75 Å². The minimum Gasteiger partial charge on any atom is -0.493 e. The van der Waals surface area contributed by atoms with Gasteiger partial charge in [0.1, 0.15) is 5.75 Å². The number of fused-ring (bicyclic) bond motifs is 1. The standard InChI is InChI=1S/C14H12Cl2O2S/c15-10-5-8-3-4-18-14(8)9(6-10)7-11(17)12-1-2-13(16)19-12/h1-2,5-6,11,17H,3-4,7H2. The monoisotopic (exact) mass is 314 g/mol. The zero-order valence-corrected chi connectivity index (χ0v) is 12.4. The Balaban J connectivity index is 1.87. The van der Waals surface area contributed by atoms with E-state index in [2.05, 4.69) is 0 Å². The van der Waals surface area contributed by atoms with Gasteiger partial charge in [-0.05, 0) is 35.4 Å². The molecular formula is C14H12Cl2O2S. The molecule has 0 aliphatic carbocycles. The van der Waals surface area contributed by atoms with Gasteiger partial charge in [0.25, 0.3) is 0 Å². The van der Waals surface area contributed by atoms with Crippen LogP contribution < -0.4 is 4.74 Å². The third-order valence-corrected chi connectivity index (χ3v) is 4.71. The Kier molecular flexibility index (Phi) is 3.72. The number of hydrogen-bond donors (Lipinski definition) is 1. The summed E-state index contributed by atoms with van der Waals surface area (Å²) in [5.74, 6) is 0.881. The fourth-order valence-electron chi connectivity index (χ4n) is 2.31. The molecule has 0 amide bonds. The highest BCUT2D eigenvalue weighted by Crippen LogP contribution is 2.36. The topological polar surface area (TPSA) is 29.5 Å². The zero-order valence-electron chi connectivity index (χ0n) is 10.0. The van der Waals surface area contributed by atoms with E-state index in [1.54, 1.807) is 6.07 Å². The van der Waals surface area contributed by atoms with Crippen molar-refractivity contribution in [3.8, 4) is 5.75 Å². The Labute approximate surface area is 125 Å². The molecule has 0 radical (unpaired) electrons. The lowest BCUT2D eigenvalue weighted by Crippen LogP contribution is -2.01. The highest BCUT2D eigenvalue weighted by Gasteiger charge is 2.20. The summed E-state index contributed by atoms with van der Waals surface area (Å²) in [7, 11) is 0. The van der Waals surface area contributed by atoms with Crippen molar-refractivity contribution in [3.63, 3.8) is 0 Å². The number of ether oxygens (including phenoxy) is 1. The lowest BCUT2D eigenvalue weighted by atomic mass is 10.0. The number of aliphatic hydroxyl groups is 1. The molecular weight excluding hydrogens is 303 g/mol. The molecule has 1 unspecified atom stereocenters. The van der Waals surface area contributed by atoms with E-state index in [0.29, 0.717) is 22.4 Å². The van der Waals surface area contributed by atoms with Gasteiger partial charge in [0, 0.05) is 22.7 Å². The first kappa shape index (κ1) is 13.3. The van der Waals surface area contributed by atoms with Gasteiger partial charge in [-0.1, -0.05) is 23.2 Å². The molecule has 19 heavy (non-hydrogen) atoms. The summed E-state index contributed by atoms with van der Waals surface area (Å²) in [6.07, 6.45) is 0.785. The van der Waals surface area contributed by atoms with Gasteiger partial charge < -0.3 is 9.84 Å². The third-order valence-electron chi connectivity index (χ3n) is 3.16. The molecule has 1 aliphatic rings. The summed E-state index contributed by atoms with van der Waals surface area (Å²) in [5.41, 5.74) is 2.08. The van der Waals surface area contributed by atoms with E-state index in [4.69, 9.17) is 27.9 Å². The molecule has 1 aromatic carbocycles. The van der Waals surface area contributed by atoms with Crippen LogP contribution in [0.15, 0.2) is 24.3 Å². The Morgan fingerprint density at radius 1 is 1.32 bits per heavy atom. The van der Waals surface area contributed by atoms with Crippen molar-refractivity contribution < 1.29 is 9.84 Å². The predicted molar refractivity (Wildman–Crippen MR) is 78.6 cm³/mol. The van der Waals surface area contributed by atoms with Crippen molar-refractivity contribution in [2.45, 2.75) is 18.9 Å². The molecule has 2 nitrogen and oxygen atoms in total. The van der Waals surface area contributed by atoms with E-state index in [-0.39, 0.29) is 0 Å². The van der Waals surface area contributed by atoms with Crippen molar-refractivity contribution >= 4 is 34.5 Å². The second-order valence-electron chi connectivity index (χ2n) is 4.51. The quantitative estimate of drug-likeness (QED) is 0.917. The van der Waals surface area contributed by atoms with Gasteiger partial charge in [-0.2, -0.15) is 0 Å². The number of benzene rings is 1. The molecule has 5 heteroatoms. The first-order valence-corrected chi connectivity index (χ1v) is 7.58. The smallest absolute Gasteiger partial charge is 0.126 e. The van der Waals surface area contributed by atoms with Crippen LogP contribution in [0, 0.1) is 0 Å². The first-order valence-electron chi connectivity index (χ1n) is 6.01. The molecule has 2 aromatic rings. The van der Waals surface area contributed by atoms with E-state index in [1.807, 2.05) is 18.2 Å². The SMILES string of the molecule is OC(Cc1cc(Cl)cc2c1OCC2)c1ccc(Cl)s1. The van der Waals surface area contributed by atoms with Crippen LogP contribution in [0.4, 0.5) is 0 Å². The van der Waals surface area contributed by atoms with Crippen LogP contribution in [0.25, 0.3) is 0 Å².